The molecule has 0 aliphatic heterocycles. The molecule has 1 amide bonds. The molecule has 2 rings (SSSR count). The normalized spacial score (nSPS) is 12.9. The van der Waals surface area contributed by atoms with Crippen molar-refractivity contribution in [1.82, 2.24) is 4.90 Å². The van der Waals surface area contributed by atoms with Gasteiger partial charge in [-0.25, -0.2) is 4.79 Å². The van der Waals surface area contributed by atoms with Crippen molar-refractivity contribution in [2.75, 3.05) is 19.9 Å². The molecule has 2 aromatic carbocycles. The van der Waals surface area contributed by atoms with Gasteiger partial charge in [0.05, 0.1) is 11.6 Å². The van der Waals surface area contributed by atoms with Crippen LogP contribution in [0.1, 0.15) is 34.5 Å². The number of esters is 1. The lowest BCUT2D eigenvalue weighted by molar-refractivity contribution is -0.135. The van der Waals surface area contributed by atoms with Crippen molar-refractivity contribution in [3.63, 3.8) is 0 Å². The van der Waals surface area contributed by atoms with Crippen molar-refractivity contribution < 1.29 is 18.5 Å². The van der Waals surface area contributed by atoms with Crippen LogP contribution in [0.15, 0.2) is 54.6 Å². The zero-order valence-electron chi connectivity index (χ0n) is 15.2. The van der Waals surface area contributed by atoms with Gasteiger partial charge in [0.1, 0.15) is 0 Å². The number of likely N-dealkylation sites (N-methyl/N-ethyl adjacent to an activating group) is 1. The minimum atomic E-state index is -0.992. The quantitative estimate of drug-likeness (QED) is 0.700. The summed E-state index contributed by atoms with van der Waals surface area (Å²) in [5.74, 6) is -0.472. The van der Waals surface area contributed by atoms with Crippen LogP contribution in [0.4, 0.5) is 0 Å². The Kier molecular flexibility index (Phi) is 7.09. The van der Waals surface area contributed by atoms with E-state index in [0.29, 0.717) is 11.3 Å². The van der Waals surface area contributed by atoms with Gasteiger partial charge >= 0.3 is 5.97 Å². The highest BCUT2D eigenvalue weighted by Crippen LogP contribution is 2.18. The van der Waals surface area contributed by atoms with E-state index in [4.69, 9.17) is 4.74 Å². The van der Waals surface area contributed by atoms with Gasteiger partial charge < -0.3 is 9.64 Å². The molecule has 0 saturated carbocycles. The van der Waals surface area contributed by atoms with Crippen molar-refractivity contribution in [2.24, 2.45) is 0 Å². The molecule has 0 aliphatic carbocycles. The highest BCUT2D eigenvalue weighted by atomic mass is 32.2. The molecule has 0 aromatic heterocycles. The fourth-order valence-corrected chi connectivity index (χ4v) is 3.16. The maximum absolute atomic E-state index is 12.3. The minimum absolute atomic E-state index is 0.120. The van der Waals surface area contributed by atoms with Gasteiger partial charge in [-0.05, 0) is 30.2 Å². The Morgan fingerprint density at radius 2 is 1.81 bits per heavy atom. The molecule has 2 aromatic rings. The highest BCUT2D eigenvalue weighted by molar-refractivity contribution is 7.83. The van der Waals surface area contributed by atoms with Crippen LogP contribution in [-0.2, 0) is 26.1 Å². The van der Waals surface area contributed by atoms with Crippen LogP contribution in [0.3, 0.4) is 0 Å². The smallest absolute Gasteiger partial charge is 0.338 e. The van der Waals surface area contributed by atoms with E-state index in [1.54, 1.807) is 42.5 Å². The molecule has 0 heterocycles. The van der Waals surface area contributed by atoms with E-state index in [0.717, 1.165) is 11.1 Å². The number of carbonyl (C=O) groups is 2. The summed E-state index contributed by atoms with van der Waals surface area (Å²) in [4.78, 5) is 26.1. The third-order valence-electron chi connectivity index (χ3n) is 4.12. The third-order valence-corrected chi connectivity index (χ3v) is 4.86. The van der Waals surface area contributed by atoms with E-state index in [1.165, 1.54) is 0 Å². The number of nitrogens with zero attached hydrogens (tertiary/aromatic N) is 1. The largest absolute Gasteiger partial charge is 0.452 e. The number of benzene rings is 2. The Labute approximate surface area is 156 Å². The zero-order chi connectivity index (χ0) is 19.1. The average Bonchev–Trinajstić information content (AvgIpc) is 2.65. The van der Waals surface area contributed by atoms with Gasteiger partial charge in [-0.1, -0.05) is 42.5 Å². The van der Waals surface area contributed by atoms with Crippen LogP contribution >= 0.6 is 0 Å². The molecule has 138 valence electrons. The molecule has 2 atom stereocenters. The topological polar surface area (TPSA) is 63.7 Å². The standard InChI is InChI=1S/C20H23NO4S/c1-15(17-9-5-4-6-10-17)21(2)19(22)13-25-20(23)18-11-7-8-16(12-18)14-26(3)24/h4-12,15H,13-14H2,1-3H3. The third kappa shape index (κ3) is 5.52. The van der Waals surface area contributed by atoms with Crippen LogP contribution in [-0.4, -0.2) is 40.9 Å². The number of amides is 1. The van der Waals surface area contributed by atoms with Gasteiger partial charge in [0.2, 0.25) is 0 Å². The van der Waals surface area contributed by atoms with E-state index in [1.807, 2.05) is 37.3 Å². The minimum Gasteiger partial charge on any atom is -0.452 e. The summed E-state index contributed by atoms with van der Waals surface area (Å²) in [5, 5.41) is 0. The maximum atomic E-state index is 12.3. The van der Waals surface area contributed by atoms with Gasteiger partial charge in [-0.15, -0.1) is 0 Å². The van der Waals surface area contributed by atoms with Crippen LogP contribution in [0, 0.1) is 0 Å². The second kappa shape index (κ2) is 9.29. The number of carbonyl (C=O) groups excluding carboxylic acids is 2. The number of ether oxygens (including phenoxy) is 1. The van der Waals surface area contributed by atoms with Crippen molar-refractivity contribution in [1.29, 1.82) is 0 Å². The lowest BCUT2D eigenvalue weighted by atomic mass is 10.1. The summed E-state index contributed by atoms with van der Waals surface area (Å²) in [7, 11) is 0.694. The van der Waals surface area contributed by atoms with Gasteiger partial charge in [0.25, 0.3) is 5.91 Å². The molecule has 6 heteroatoms. The van der Waals surface area contributed by atoms with Crippen LogP contribution < -0.4 is 0 Å². The van der Waals surface area contributed by atoms with E-state index in [2.05, 4.69) is 0 Å². The summed E-state index contributed by atoms with van der Waals surface area (Å²) in [6.07, 6.45) is 1.60. The second-order valence-corrected chi connectivity index (χ2v) is 7.52. The molecule has 2 unspecified atom stereocenters. The predicted octanol–water partition coefficient (Wildman–Crippen LogP) is 2.94. The number of hydrogen-bond acceptors (Lipinski definition) is 4. The molecule has 0 N–H and O–H groups in total. The van der Waals surface area contributed by atoms with Crippen LogP contribution in [0.5, 0.6) is 0 Å². The Balaban J connectivity index is 1.94. The van der Waals surface area contributed by atoms with Gasteiger partial charge in [0, 0.05) is 29.9 Å². The predicted molar refractivity (Wildman–Crippen MR) is 102 cm³/mol. The summed E-state index contributed by atoms with van der Waals surface area (Å²) >= 11 is 0. The first-order chi connectivity index (χ1) is 12.4. The van der Waals surface area contributed by atoms with Crippen molar-refractivity contribution in [3.8, 4) is 0 Å². The van der Waals surface area contributed by atoms with Crippen molar-refractivity contribution >= 4 is 22.7 Å². The van der Waals surface area contributed by atoms with E-state index >= 15 is 0 Å². The Morgan fingerprint density at radius 1 is 1.12 bits per heavy atom. The first kappa shape index (κ1) is 19.8. The molecule has 0 bridgehead atoms. The number of hydrogen-bond donors (Lipinski definition) is 0. The SMILES string of the molecule is CC(c1ccccc1)N(C)C(=O)COC(=O)c1cccc(CS(C)=O)c1. The van der Waals surface area contributed by atoms with E-state index < -0.39 is 16.8 Å². The maximum Gasteiger partial charge on any atom is 0.338 e. The Hall–Kier alpha value is -2.47. The summed E-state index contributed by atoms with van der Waals surface area (Å²) in [6.45, 7) is 1.60. The average molecular weight is 373 g/mol. The second-order valence-electron chi connectivity index (χ2n) is 6.09. The van der Waals surface area contributed by atoms with Gasteiger partial charge in [-0.3, -0.25) is 9.00 Å². The first-order valence-corrected chi connectivity index (χ1v) is 9.98. The summed E-state index contributed by atoms with van der Waals surface area (Å²) < 4.78 is 16.5. The lowest BCUT2D eigenvalue weighted by Crippen LogP contribution is -2.33. The van der Waals surface area contributed by atoms with E-state index in [9.17, 15) is 13.8 Å². The zero-order valence-corrected chi connectivity index (χ0v) is 16.0. The molecule has 0 fully saturated rings. The number of rotatable bonds is 7. The van der Waals surface area contributed by atoms with Crippen LogP contribution in [0.2, 0.25) is 0 Å². The molecule has 5 nitrogen and oxygen atoms in total. The van der Waals surface area contributed by atoms with Crippen molar-refractivity contribution in [2.45, 2.75) is 18.7 Å². The molecule has 0 radical (unpaired) electrons. The fourth-order valence-electron chi connectivity index (χ4n) is 2.51. The molecule has 0 aliphatic rings. The monoisotopic (exact) mass is 373 g/mol. The summed E-state index contributed by atoms with van der Waals surface area (Å²) in [5.41, 5.74) is 2.15. The molecule has 0 saturated heterocycles. The Bertz CT molecular complexity index is 791. The summed E-state index contributed by atoms with van der Waals surface area (Å²) in [6, 6.07) is 16.3. The highest BCUT2D eigenvalue weighted by Gasteiger charge is 2.19. The molecular weight excluding hydrogens is 350 g/mol. The lowest BCUT2D eigenvalue weighted by Gasteiger charge is -2.25. The van der Waals surface area contributed by atoms with Crippen LogP contribution in [0.25, 0.3) is 0 Å². The van der Waals surface area contributed by atoms with E-state index in [-0.39, 0.29) is 18.6 Å². The first-order valence-electron chi connectivity index (χ1n) is 8.25. The van der Waals surface area contributed by atoms with Crippen molar-refractivity contribution in [3.05, 3.63) is 71.3 Å². The molecular formula is C20H23NO4S. The molecule has 0 spiro atoms. The molecule has 26 heavy (non-hydrogen) atoms. The fraction of sp³-hybridized carbons (Fsp3) is 0.300. The van der Waals surface area contributed by atoms with Gasteiger partial charge in [0.15, 0.2) is 6.61 Å². The Morgan fingerprint density at radius 3 is 2.46 bits per heavy atom. The van der Waals surface area contributed by atoms with Gasteiger partial charge in [-0.2, -0.15) is 0 Å².